The highest BCUT2D eigenvalue weighted by atomic mass is 32.2. The molecule has 9 heteroatoms. The molecule has 30 heavy (non-hydrogen) atoms. The number of carbonyl (C=O) groups is 3. The molecule has 0 aromatic heterocycles. The lowest BCUT2D eigenvalue weighted by molar-refractivity contribution is -0.139. The average Bonchev–Trinajstić information content (AvgIpc) is 3.48. The van der Waals surface area contributed by atoms with Crippen LogP contribution in [0.1, 0.15) is 38.2 Å². The number of Topliss-reactive ketones (excluding diaryl/α,β-unsaturated/α-hetero) is 1. The van der Waals surface area contributed by atoms with Gasteiger partial charge in [0.2, 0.25) is 11.8 Å². The van der Waals surface area contributed by atoms with Crippen LogP contribution in [-0.4, -0.2) is 62.1 Å². The van der Waals surface area contributed by atoms with Crippen LogP contribution in [-0.2, 0) is 29.6 Å². The van der Waals surface area contributed by atoms with Gasteiger partial charge in [-0.25, -0.2) is 12.8 Å². The van der Waals surface area contributed by atoms with Crippen molar-refractivity contribution in [2.24, 2.45) is 5.92 Å². The molecule has 1 aliphatic carbocycles. The molecule has 2 aliphatic rings. The molecule has 0 bridgehead atoms. The van der Waals surface area contributed by atoms with Crippen LogP contribution < -0.4 is 5.32 Å². The topological polar surface area (TPSA) is 101 Å². The highest BCUT2D eigenvalue weighted by Gasteiger charge is 2.53. The summed E-state index contributed by atoms with van der Waals surface area (Å²) in [5, 5.41) is 2.71. The van der Waals surface area contributed by atoms with Crippen LogP contribution in [0.5, 0.6) is 0 Å². The summed E-state index contributed by atoms with van der Waals surface area (Å²) in [5.41, 5.74) is -0.595. The van der Waals surface area contributed by atoms with E-state index in [1.54, 1.807) is 25.1 Å². The lowest BCUT2D eigenvalue weighted by Crippen LogP contribution is -2.52. The van der Waals surface area contributed by atoms with E-state index in [0.717, 1.165) is 6.26 Å². The number of carbonyl (C=O) groups excluding carboxylic acids is 3. The molecule has 1 heterocycles. The Balaban J connectivity index is 1.62. The fourth-order valence-electron chi connectivity index (χ4n) is 4.08. The molecular weight excluding hydrogens is 411 g/mol. The molecule has 1 aromatic rings. The van der Waals surface area contributed by atoms with Crippen LogP contribution in [0.3, 0.4) is 0 Å². The Morgan fingerprint density at radius 3 is 2.53 bits per heavy atom. The molecule has 2 atom stereocenters. The van der Waals surface area contributed by atoms with E-state index >= 15 is 0 Å². The summed E-state index contributed by atoms with van der Waals surface area (Å²) in [6.45, 7) is 2.16. The van der Waals surface area contributed by atoms with Crippen molar-refractivity contribution < 1.29 is 27.2 Å². The van der Waals surface area contributed by atoms with Gasteiger partial charge in [0.1, 0.15) is 17.6 Å². The standard InChI is InChI=1S/C21H27FN2O5S/c1-14(23-20(27)21(9-10-21)16-7-3-4-8-17(16)22)19(26)24-11-5-6-15(12-24)18(25)13-30(2,28)29/h3-4,7-8,14-15H,5-6,9-13H2,1-2H3,(H,23,27)/t14-,15+/m1/s1. The maximum absolute atomic E-state index is 14.2. The van der Waals surface area contributed by atoms with Gasteiger partial charge in [0.15, 0.2) is 15.6 Å². The lowest BCUT2D eigenvalue weighted by atomic mass is 9.93. The second-order valence-electron chi connectivity index (χ2n) is 8.42. The summed E-state index contributed by atoms with van der Waals surface area (Å²) in [6, 6.07) is 5.33. The van der Waals surface area contributed by atoms with Crippen LogP contribution in [0, 0.1) is 11.7 Å². The summed E-state index contributed by atoms with van der Waals surface area (Å²) in [7, 11) is -3.42. The van der Waals surface area contributed by atoms with Gasteiger partial charge < -0.3 is 10.2 Å². The minimum Gasteiger partial charge on any atom is -0.344 e. The van der Waals surface area contributed by atoms with Crippen LogP contribution in [0.4, 0.5) is 4.39 Å². The van der Waals surface area contributed by atoms with E-state index < -0.39 is 38.8 Å². The highest BCUT2D eigenvalue weighted by Crippen LogP contribution is 2.49. The van der Waals surface area contributed by atoms with E-state index in [2.05, 4.69) is 5.32 Å². The zero-order valence-corrected chi connectivity index (χ0v) is 18.0. The minimum atomic E-state index is -3.42. The van der Waals surface area contributed by atoms with Crippen molar-refractivity contribution >= 4 is 27.4 Å². The Hall–Kier alpha value is -2.29. The fraction of sp³-hybridized carbons (Fsp3) is 0.571. The third kappa shape index (κ3) is 4.88. The van der Waals surface area contributed by atoms with Crippen molar-refractivity contribution in [1.29, 1.82) is 0 Å². The number of nitrogens with one attached hydrogen (secondary N) is 1. The first-order valence-electron chi connectivity index (χ1n) is 10.1. The normalized spacial score (nSPS) is 21.6. The number of hydrogen-bond acceptors (Lipinski definition) is 5. The third-order valence-corrected chi connectivity index (χ3v) is 6.69. The SMILES string of the molecule is C[C@@H](NC(=O)C1(c2ccccc2F)CC1)C(=O)N1CCC[C@H](C(=O)CS(C)(=O)=O)C1. The number of nitrogens with zero attached hydrogens (tertiary/aromatic N) is 1. The van der Waals surface area contributed by atoms with E-state index in [-0.39, 0.29) is 24.1 Å². The van der Waals surface area contributed by atoms with E-state index in [1.807, 2.05) is 0 Å². The van der Waals surface area contributed by atoms with Crippen molar-refractivity contribution in [2.75, 3.05) is 25.1 Å². The Morgan fingerprint density at radius 1 is 1.27 bits per heavy atom. The first kappa shape index (κ1) is 22.4. The van der Waals surface area contributed by atoms with Gasteiger partial charge in [-0.15, -0.1) is 0 Å². The zero-order chi connectivity index (χ0) is 22.1. The van der Waals surface area contributed by atoms with Crippen LogP contribution in [0.25, 0.3) is 0 Å². The Labute approximate surface area is 175 Å². The molecule has 1 aromatic carbocycles. The molecule has 2 fully saturated rings. The molecule has 3 rings (SSSR count). The van der Waals surface area contributed by atoms with Crippen LogP contribution in [0.15, 0.2) is 24.3 Å². The maximum atomic E-state index is 14.2. The molecule has 2 amide bonds. The summed E-state index contributed by atoms with van der Waals surface area (Å²) in [6.07, 6.45) is 3.18. The number of sulfone groups is 1. The number of rotatable bonds is 7. The lowest BCUT2D eigenvalue weighted by Gasteiger charge is -2.34. The zero-order valence-electron chi connectivity index (χ0n) is 17.2. The number of piperidine rings is 1. The van der Waals surface area contributed by atoms with Gasteiger partial charge >= 0.3 is 0 Å². The largest absolute Gasteiger partial charge is 0.344 e. The number of likely N-dealkylation sites (tertiary alicyclic amines) is 1. The van der Waals surface area contributed by atoms with Gasteiger partial charge in [-0.1, -0.05) is 18.2 Å². The summed E-state index contributed by atoms with van der Waals surface area (Å²) in [4.78, 5) is 39.4. The second kappa shape index (κ2) is 8.45. The van der Waals surface area contributed by atoms with Crippen molar-refractivity contribution in [3.8, 4) is 0 Å². The monoisotopic (exact) mass is 438 g/mol. The Bertz CT molecular complexity index is 958. The number of halogens is 1. The smallest absolute Gasteiger partial charge is 0.244 e. The Morgan fingerprint density at radius 2 is 1.93 bits per heavy atom. The number of amides is 2. The maximum Gasteiger partial charge on any atom is 0.244 e. The predicted octanol–water partition coefficient (Wildman–Crippen LogP) is 1.21. The number of benzene rings is 1. The van der Waals surface area contributed by atoms with Gasteiger partial charge in [-0.3, -0.25) is 14.4 Å². The quantitative estimate of drug-likeness (QED) is 0.690. The van der Waals surface area contributed by atoms with E-state index in [9.17, 15) is 27.2 Å². The molecule has 0 unspecified atom stereocenters. The molecule has 0 radical (unpaired) electrons. The van der Waals surface area contributed by atoms with Crippen LogP contribution in [0.2, 0.25) is 0 Å². The van der Waals surface area contributed by atoms with E-state index in [4.69, 9.17) is 0 Å². The first-order valence-corrected chi connectivity index (χ1v) is 12.1. The summed E-state index contributed by atoms with van der Waals surface area (Å²) in [5.74, 6) is -2.58. The molecule has 1 aliphatic heterocycles. The van der Waals surface area contributed by atoms with Gasteiger partial charge in [-0.2, -0.15) is 0 Å². The second-order valence-corrected chi connectivity index (χ2v) is 10.6. The van der Waals surface area contributed by atoms with E-state index in [0.29, 0.717) is 37.8 Å². The van der Waals surface area contributed by atoms with Crippen LogP contribution >= 0.6 is 0 Å². The highest BCUT2D eigenvalue weighted by molar-refractivity contribution is 7.91. The third-order valence-electron chi connectivity index (χ3n) is 5.88. The van der Waals surface area contributed by atoms with E-state index in [1.165, 1.54) is 11.0 Å². The van der Waals surface area contributed by atoms with Crippen molar-refractivity contribution in [3.05, 3.63) is 35.6 Å². The van der Waals surface area contributed by atoms with Gasteiger partial charge in [0.05, 0.1) is 5.41 Å². The number of ketones is 1. The molecule has 7 nitrogen and oxygen atoms in total. The van der Waals surface area contributed by atoms with Crippen molar-refractivity contribution in [2.45, 2.75) is 44.1 Å². The summed E-state index contributed by atoms with van der Waals surface area (Å²) < 4.78 is 37.0. The molecule has 1 saturated heterocycles. The van der Waals surface area contributed by atoms with Gasteiger partial charge in [-0.05, 0) is 38.7 Å². The van der Waals surface area contributed by atoms with Gasteiger partial charge in [0.25, 0.3) is 0 Å². The average molecular weight is 439 g/mol. The fourth-order valence-corrected chi connectivity index (χ4v) is 4.83. The molecule has 0 spiro atoms. The molecule has 164 valence electrons. The van der Waals surface area contributed by atoms with Crippen molar-refractivity contribution in [3.63, 3.8) is 0 Å². The Kier molecular flexibility index (Phi) is 6.31. The van der Waals surface area contributed by atoms with Gasteiger partial charge in [0, 0.05) is 30.8 Å². The molecular formula is C21H27FN2O5S. The molecule has 1 saturated carbocycles. The minimum absolute atomic E-state index is 0.145. The molecule has 1 N–H and O–H groups in total. The first-order chi connectivity index (χ1) is 14.0. The summed E-state index contributed by atoms with van der Waals surface area (Å²) >= 11 is 0. The van der Waals surface area contributed by atoms with Crippen molar-refractivity contribution in [1.82, 2.24) is 10.2 Å². The predicted molar refractivity (Wildman–Crippen MR) is 109 cm³/mol. The number of hydrogen-bond donors (Lipinski definition) is 1.